The van der Waals surface area contributed by atoms with Gasteiger partial charge >= 0.3 is 16.4 Å². The van der Waals surface area contributed by atoms with Gasteiger partial charge in [0.15, 0.2) is 0 Å². The third-order valence-corrected chi connectivity index (χ3v) is 3.60. The Morgan fingerprint density at radius 3 is 2.52 bits per heavy atom. The Hall–Kier alpha value is -2.52. The molecule has 0 saturated heterocycles. The minimum absolute atomic E-state index is 0.123. The fourth-order valence-electron chi connectivity index (χ4n) is 1.60. The van der Waals surface area contributed by atoms with Crippen LogP contribution in [0.1, 0.15) is 17.0 Å². The molecule has 1 aromatic carbocycles. The van der Waals surface area contributed by atoms with Gasteiger partial charge in [0.2, 0.25) is 0 Å². The van der Waals surface area contributed by atoms with E-state index in [9.17, 15) is 13.2 Å². The number of carbonyl (C=O) groups excluding carboxylic acids is 1. The minimum atomic E-state index is -4.22. The minimum Gasteiger partial charge on any atom is -0.316 e. The smallest absolute Gasteiger partial charge is 0.316 e. The van der Waals surface area contributed by atoms with Crippen LogP contribution in [-0.2, 0) is 27.6 Å². The molecule has 8 nitrogen and oxygen atoms in total. The molecule has 0 bridgehead atoms. The Labute approximate surface area is 134 Å². The second kappa shape index (κ2) is 7.65. The summed E-state index contributed by atoms with van der Waals surface area (Å²) >= 11 is 0. The van der Waals surface area contributed by atoms with Crippen LogP contribution >= 0.6 is 0 Å². The summed E-state index contributed by atoms with van der Waals surface area (Å²) in [6, 6.07) is 9.04. The van der Waals surface area contributed by atoms with Crippen LogP contribution in [0.25, 0.3) is 0 Å². The number of amides is 1. The molecular weight excluding hydrogens is 320 g/mol. The fourth-order valence-corrected chi connectivity index (χ4v) is 2.24. The first-order valence-electron chi connectivity index (χ1n) is 6.73. The third-order valence-electron chi connectivity index (χ3n) is 2.73. The molecule has 9 heteroatoms. The van der Waals surface area contributed by atoms with E-state index in [0.29, 0.717) is 11.4 Å². The molecule has 122 valence electrons. The van der Waals surface area contributed by atoms with Gasteiger partial charge in [-0.2, -0.15) is 13.1 Å². The van der Waals surface area contributed by atoms with Crippen LogP contribution in [0.5, 0.6) is 0 Å². The summed E-state index contributed by atoms with van der Waals surface area (Å²) in [5, 5.41) is 2.35. The normalized spacial score (nSPS) is 11.0. The average Bonchev–Trinajstić information content (AvgIpc) is 2.53. The highest BCUT2D eigenvalue weighted by atomic mass is 32.2. The summed E-state index contributed by atoms with van der Waals surface area (Å²) in [7, 11) is -4.22. The monoisotopic (exact) mass is 336 g/mol. The number of carbonyl (C=O) groups is 1. The van der Waals surface area contributed by atoms with Gasteiger partial charge in [-0.05, 0) is 12.5 Å². The Balaban J connectivity index is 1.80. The van der Waals surface area contributed by atoms with Gasteiger partial charge in [0.05, 0.1) is 24.1 Å². The van der Waals surface area contributed by atoms with Crippen molar-refractivity contribution < 1.29 is 17.4 Å². The zero-order valence-corrected chi connectivity index (χ0v) is 13.2. The van der Waals surface area contributed by atoms with E-state index < -0.39 is 16.4 Å². The Morgan fingerprint density at radius 1 is 1.13 bits per heavy atom. The molecule has 0 spiro atoms. The third kappa shape index (κ3) is 6.01. The first kappa shape index (κ1) is 16.8. The Morgan fingerprint density at radius 2 is 1.87 bits per heavy atom. The van der Waals surface area contributed by atoms with E-state index in [4.69, 9.17) is 0 Å². The molecule has 2 aromatic rings. The van der Waals surface area contributed by atoms with Crippen LogP contribution in [0.15, 0.2) is 42.7 Å². The van der Waals surface area contributed by atoms with Crippen molar-refractivity contribution in [3.05, 3.63) is 59.7 Å². The van der Waals surface area contributed by atoms with Gasteiger partial charge in [-0.1, -0.05) is 30.3 Å². The van der Waals surface area contributed by atoms with Crippen LogP contribution in [-0.4, -0.2) is 24.5 Å². The largest absolute Gasteiger partial charge is 0.423 e. The Bertz CT molecular complexity index is 748. The van der Waals surface area contributed by atoms with Crippen LogP contribution in [0, 0.1) is 6.92 Å². The highest BCUT2D eigenvalue weighted by Crippen LogP contribution is 1.99. The zero-order chi connectivity index (χ0) is 16.7. The lowest BCUT2D eigenvalue weighted by atomic mass is 10.2. The molecule has 0 radical (unpaired) electrons. The van der Waals surface area contributed by atoms with Crippen molar-refractivity contribution >= 4 is 16.4 Å². The molecule has 0 fully saturated rings. The SMILES string of the molecule is Cc1cnc(CNS(=O)(=O)OC(=O)NCc2ccccc2)cn1. The molecule has 0 unspecified atom stereocenters. The number of hydrogen-bond acceptors (Lipinski definition) is 6. The summed E-state index contributed by atoms with van der Waals surface area (Å²) in [4.78, 5) is 19.5. The number of rotatable bonds is 6. The number of nitrogens with zero attached hydrogens (tertiary/aromatic N) is 2. The van der Waals surface area contributed by atoms with Gasteiger partial charge in [-0.3, -0.25) is 9.97 Å². The van der Waals surface area contributed by atoms with Crippen LogP contribution in [0.2, 0.25) is 0 Å². The zero-order valence-electron chi connectivity index (χ0n) is 12.4. The van der Waals surface area contributed by atoms with Crippen molar-refractivity contribution in [3.63, 3.8) is 0 Å². The number of nitrogens with one attached hydrogen (secondary N) is 2. The molecule has 2 rings (SSSR count). The van der Waals surface area contributed by atoms with Gasteiger partial charge in [0.1, 0.15) is 0 Å². The summed E-state index contributed by atoms with van der Waals surface area (Å²) < 4.78 is 29.8. The molecule has 0 aliphatic heterocycles. The van der Waals surface area contributed by atoms with Crippen LogP contribution in [0.4, 0.5) is 4.79 Å². The first-order chi connectivity index (χ1) is 10.9. The molecule has 0 saturated carbocycles. The molecule has 1 heterocycles. The number of benzene rings is 1. The summed E-state index contributed by atoms with van der Waals surface area (Å²) in [6.45, 7) is 1.81. The highest BCUT2D eigenvalue weighted by molar-refractivity contribution is 7.85. The predicted molar refractivity (Wildman–Crippen MR) is 82.3 cm³/mol. The van der Waals surface area contributed by atoms with Crippen LogP contribution < -0.4 is 10.0 Å². The van der Waals surface area contributed by atoms with E-state index in [-0.39, 0.29) is 13.1 Å². The Kier molecular flexibility index (Phi) is 5.61. The number of aromatic nitrogens is 2. The van der Waals surface area contributed by atoms with E-state index in [1.165, 1.54) is 12.4 Å². The predicted octanol–water partition coefficient (Wildman–Crippen LogP) is 1.05. The molecule has 0 aliphatic rings. The molecule has 1 amide bonds. The highest BCUT2D eigenvalue weighted by Gasteiger charge is 2.16. The second-order valence-electron chi connectivity index (χ2n) is 4.63. The molecule has 23 heavy (non-hydrogen) atoms. The van der Waals surface area contributed by atoms with Crippen molar-refractivity contribution in [1.82, 2.24) is 20.0 Å². The van der Waals surface area contributed by atoms with Gasteiger partial charge in [0, 0.05) is 12.7 Å². The van der Waals surface area contributed by atoms with Gasteiger partial charge < -0.3 is 9.50 Å². The molecule has 2 N–H and O–H groups in total. The van der Waals surface area contributed by atoms with E-state index in [0.717, 1.165) is 5.56 Å². The van der Waals surface area contributed by atoms with E-state index in [1.54, 1.807) is 19.1 Å². The van der Waals surface area contributed by atoms with Gasteiger partial charge in [0.25, 0.3) is 0 Å². The van der Waals surface area contributed by atoms with Crippen molar-refractivity contribution in [2.75, 3.05) is 0 Å². The lowest BCUT2D eigenvalue weighted by Crippen LogP contribution is -2.33. The van der Waals surface area contributed by atoms with Crippen molar-refractivity contribution in [2.24, 2.45) is 0 Å². The number of hydrogen-bond donors (Lipinski definition) is 2. The van der Waals surface area contributed by atoms with E-state index in [1.807, 2.05) is 18.2 Å². The standard InChI is InChI=1S/C14H16N4O4S/c1-11-7-16-13(9-15-11)10-18-23(20,21)22-14(19)17-8-12-5-3-2-4-6-12/h2-7,9,18H,8,10H2,1H3,(H,17,19). The fraction of sp³-hybridized carbons (Fsp3) is 0.214. The maximum absolute atomic E-state index is 11.7. The summed E-state index contributed by atoms with van der Waals surface area (Å²) in [5.74, 6) is 0. The maximum Gasteiger partial charge on any atom is 0.423 e. The quantitative estimate of drug-likeness (QED) is 0.816. The van der Waals surface area contributed by atoms with Crippen LogP contribution in [0.3, 0.4) is 0 Å². The molecule has 1 aromatic heterocycles. The average molecular weight is 336 g/mol. The molecule has 0 aliphatic carbocycles. The topological polar surface area (TPSA) is 110 Å². The lowest BCUT2D eigenvalue weighted by molar-refractivity contribution is 0.201. The van der Waals surface area contributed by atoms with E-state index in [2.05, 4.69) is 24.2 Å². The second-order valence-corrected chi connectivity index (χ2v) is 6.00. The summed E-state index contributed by atoms with van der Waals surface area (Å²) in [6.07, 6.45) is 1.89. The van der Waals surface area contributed by atoms with Gasteiger partial charge in [-0.15, -0.1) is 0 Å². The lowest BCUT2D eigenvalue weighted by Gasteiger charge is -2.08. The number of aryl methyl sites for hydroxylation is 1. The summed E-state index contributed by atoms with van der Waals surface area (Å²) in [5.41, 5.74) is 1.95. The van der Waals surface area contributed by atoms with Gasteiger partial charge in [-0.25, -0.2) is 4.79 Å². The van der Waals surface area contributed by atoms with Crippen molar-refractivity contribution in [3.8, 4) is 0 Å². The maximum atomic E-state index is 11.7. The van der Waals surface area contributed by atoms with E-state index >= 15 is 0 Å². The molecule has 0 atom stereocenters. The van der Waals surface area contributed by atoms with Crippen molar-refractivity contribution in [1.29, 1.82) is 0 Å². The molecular formula is C14H16N4O4S. The van der Waals surface area contributed by atoms with Crippen molar-refractivity contribution in [2.45, 2.75) is 20.0 Å². The first-order valence-corrected chi connectivity index (χ1v) is 8.14.